The highest BCUT2D eigenvalue weighted by Crippen LogP contribution is 2.44. The second-order valence-corrected chi connectivity index (χ2v) is 8.21. The fourth-order valence-corrected chi connectivity index (χ4v) is 4.50. The molecular weight excluding hydrogens is 348 g/mol. The zero-order valence-corrected chi connectivity index (χ0v) is 15.9. The van der Waals surface area contributed by atoms with E-state index in [2.05, 4.69) is 24.3 Å². The Hall–Kier alpha value is -1.37. The molecule has 0 N–H and O–H groups in total. The van der Waals surface area contributed by atoms with E-state index in [1.165, 1.54) is 0 Å². The van der Waals surface area contributed by atoms with E-state index < -0.39 is 5.79 Å². The predicted octanol–water partition coefficient (Wildman–Crippen LogP) is 4.24. The molecule has 4 rings (SSSR count). The molecule has 4 atom stereocenters. The van der Waals surface area contributed by atoms with Gasteiger partial charge >= 0.3 is 0 Å². The third kappa shape index (κ3) is 4.13. The van der Waals surface area contributed by atoms with Crippen LogP contribution in [0.4, 0.5) is 0 Å². The molecule has 0 saturated carbocycles. The van der Waals surface area contributed by atoms with Gasteiger partial charge in [0, 0.05) is 4.90 Å². The molecule has 26 heavy (non-hydrogen) atoms. The molecule has 2 aliphatic heterocycles. The first-order chi connectivity index (χ1) is 12.6. The largest absolute Gasteiger partial charge is 0.374 e. The van der Waals surface area contributed by atoms with Gasteiger partial charge in [-0.05, 0) is 31.5 Å². The van der Waals surface area contributed by atoms with Crippen LogP contribution in [0, 0.1) is 0 Å². The molecule has 138 valence electrons. The molecule has 0 spiro atoms. The fraction of sp³-hybridized carbons (Fsp3) is 0.429. The maximum absolute atomic E-state index is 6.25. The van der Waals surface area contributed by atoms with E-state index in [4.69, 9.17) is 18.9 Å². The van der Waals surface area contributed by atoms with Gasteiger partial charge in [-0.15, -0.1) is 0 Å². The first kappa shape index (κ1) is 18.0. The van der Waals surface area contributed by atoms with Crippen LogP contribution in [0.3, 0.4) is 0 Å². The molecular formula is C21H24O4S. The van der Waals surface area contributed by atoms with Gasteiger partial charge in [0.25, 0.3) is 0 Å². The number of hydrogen-bond donors (Lipinski definition) is 0. The Balaban J connectivity index is 1.40. The molecule has 5 heteroatoms. The number of thioether (sulfide) groups is 1. The van der Waals surface area contributed by atoms with E-state index in [1.54, 1.807) is 11.8 Å². The molecule has 2 fully saturated rings. The van der Waals surface area contributed by atoms with Gasteiger partial charge < -0.3 is 18.9 Å². The van der Waals surface area contributed by atoms with E-state index in [1.807, 2.05) is 50.2 Å². The van der Waals surface area contributed by atoms with Crippen LogP contribution >= 0.6 is 11.8 Å². The summed E-state index contributed by atoms with van der Waals surface area (Å²) in [6, 6.07) is 20.4. The van der Waals surface area contributed by atoms with E-state index in [0.717, 1.165) is 10.5 Å². The average molecular weight is 372 g/mol. The minimum absolute atomic E-state index is 0.0967. The summed E-state index contributed by atoms with van der Waals surface area (Å²) in [6.07, 6.45) is -0.339. The van der Waals surface area contributed by atoms with Crippen LogP contribution < -0.4 is 0 Å². The number of benzene rings is 2. The van der Waals surface area contributed by atoms with Crippen molar-refractivity contribution >= 4 is 11.8 Å². The highest BCUT2D eigenvalue weighted by atomic mass is 32.2. The van der Waals surface area contributed by atoms with Crippen LogP contribution in [0.5, 0.6) is 0 Å². The van der Waals surface area contributed by atoms with Gasteiger partial charge in [0.15, 0.2) is 5.79 Å². The molecule has 2 aliphatic rings. The number of fused-ring (bicyclic) bond motifs is 1. The summed E-state index contributed by atoms with van der Waals surface area (Å²) in [7, 11) is 0. The summed E-state index contributed by atoms with van der Waals surface area (Å²) in [4.78, 5) is 1.16. The minimum Gasteiger partial charge on any atom is -0.374 e. The van der Waals surface area contributed by atoms with Crippen LogP contribution in [0.15, 0.2) is 65.6 Å². The van der Waals surface area contributed by atoms with Gasteiger partial charge in [-0.2, -0.15) is 0 Å². The quantitative estimate of drug-likeness (QED) is 0.758. The highest BCUT2D eigenvalue weighted by Gasteiger charge is 2.55. The van der Waals surface area contributed by atoms with Crippen LogP contribution in [0.1, 0.15) is 19.4 Å². The lowest BCUT2D eigenvalue weighted by Crippen LogP contribution is -2.32. The Kier molecular flexibility index (Phi) is 5.34. The van der Waals surface area contributed by atoms with Crippen molar-refractivity contribution in [2.75, 3.05) is 6.61 Å². The van der Waals surface area contributed by atoms with E-state index in [9.17, 15) is 0 Å². The third-order valence-electron chi connectivity index (χ3n) is 4.50. The zero-order valence-electron chi connectivity index (χ0n) is 15.0. The Morgan fingerprint density at radius 3 is 2.31 bits per heavy atom. The van der Waals surface area contributed by atoms with E-state index >= 15 is 0 Å². The molecule has 2 aromatic rings. The number of hydrogen-bond acceptors (Lipinski definition) is 5. The van der Waals surface area contributed by atoms with Crippen molar-refractivity contribution in [3.8, 4) is 0 Å². The fourth-order valence-electron chi connectivity index (χ4n) is 3.37. The van der Waals surface area contributed by atoms with Crippen LogP contribution in [0.25, 0.3) is 0 Å². The third-order valence-corrected chi connectivity index (χ3v) is 5.65. The molecule has 0 radical (unpaired) electrons. The summed E-state index contributed by atoms with van der Waals surface area (Å²) in [6.45, 7) is 4.97. The molecule has 0 aromatic heterocycles. The molecule has 4 nitrogen and oxygen atoms in total. The SMILES string of the molecule is CC1(C)O[C@H]2[C@H](O1)[C@H](Sc1ccccc1)O[C@@H]2COCc1ccccc1. The van der Waals surface area contributed by atoms with Crippen molar-refractivity contribution in [3.63, 3.8) is 0 Å². The summed E-state index contributed by atoms with van der Waals surface area (Å²) in [5.41, 5.74) is 1.05. The maximum atomic E-state index is 6.25. The lowest BCUT2D eigenvalue weighted by Gasteiger charge is -2.24. The molecule has 0 amide bonds. The van der Waals surface area contributed by atoms with Gasteiger partial charge in [0.2, 0.25) is 0 Å². The normalized spacial score (nSPS) is 29.6. The van der Waals surface area contributed by atoms with Crippen molar-refractivity contribution in [2.24, 2.45) is 0 Å². The standard InChI is InChI=1S/C21H24O4S/c1-21(2)24-18-17(14-22-13-15-9-5-3-6-10-15)23-20(19(18)25-21)26-16-11-7-4-8-12-16/h3-12,17-20H,13-14H2,1-2H3/t17-,18-,19+,20+/m1/s1. The Bertz CT molecular complexity index is 706. The Labute approximate surface area is 158 Å². The number of ether oxygens (including phenoxy) is 4. The zero-order chi connectivity index (χ0) is 18.0. The minimum atomic E-state index is -0.591. The van der Waals surface area contributed by atoms with Gasteiger partial charge in [-0.1, -0.05) is 60.3 Å². The average Bonchev–Trinajstić information content (AvgIpc) is 3.11. The van der Waals surface area contributed by atoms with Gasteiger partial charge in [-0.25, -0.2) is 0 Å². The Morgan fingerprint density at radius 1 is 0.923 bits per heavy atom. The predicted molar refractivity (Wildman–Crippen MR) is 101 cm³/mol. The number of rotatable bonds is 6. The van der Waals surface area contributed by atoms with Crippen molar-refractivity contribution in [2.45, 2.75) is 54.9 Å². The van der Waals surface area contributed by atoms with Gasteiger partial charge in [0.05, 0.1) is 13.2 Å². The first-order valence-electron chi connectivity index (χ1n) is 8.95. The van der Waals surface area contributed by atoms with Crippen molar-refractivity contribution in [1.29, 1.82) is 0 Å². The molecule has 0 unspecified atom stereocenters. The van der Waals surface area contributed by atoms with Crippen LogP contribution in [-0.4, -0.2) is 36.1 Å². The smallest absolute Gasteiger partial charge is 0.164 e. The second-order valence-electron chi connectivity index (χ2n) is 7.04. The van der Waals surface area contributed by atoms with E-state index in [0.29, 0.717) is 13.2 Å². The summed E-state index contributed by atoms with van der Waals surface area (Å²) in [5, 5.41) is 0. The van der Waals surface area contributed by atoms with Crippen LogP contribution in [0.2, 0.25) is 0 Å². The first-order valence-corrected chi connectivity index (χ1v) is 9.83. The highest BCUT2D eigenvalue weighted by molar-refractivity contribution is 7.99. The van der Waals surface area contributed by atoms with Gasteiger partial charge in [-0.3, -0.25) is 0 Å². The molecule has 2 aromatic carbocycles. The summed E-state index contributed by atoms with van der Waals surface area (Å²) in [5.74, 6) is -0.591. The maximum Gasteiger partial charge on any atom is 0.164 e. The van der Waals surface area contributed by atoms with Crippen LogP contribution in [-0.2, 0) is 25.6 Å². The molecule has 2 heterocycles. The molecule has 2 saturated heterocycles. The molecule has 0 aliphatic carbocycles. The van der Waals surface area contributed by atoms with E-state index in [-0.39, 0.29) is 23.7 Å². The van der Waals surface area contributed by atoms with Crippen molar-refractivity contribution in [1.82, 2.24) is 0 Å². The topological polar surface area (TPSA) is 36.9 Å². The van der Waals surface area contributed by atoms with Gasteiger partial charge in [0.1, 0.15) is 23.7 Å². The lowest BCUT2D eigenvalue weighted by molar-refractivity contribution is -0.183. The second kappa shape index (κ2) is 7.71. The monoisotopic (exact) mass is 372 g/mol. The lowest BCUT2D eigenvalue weighted by atomic mass is 10.1. The summed E-state index contributed by atoms with van der Waals surface area (Å²) < 4.78 is 24.4. The Morgan fingerprint density at radius 2 is 1.58 bits per heavy atom. The van der Waals surface area contributed by atoms with Crippen molar-refractivity contribution in [3.05, 3.63) is 66.2 Å². The molecule has 0 bridgehead atoms. The summed E-state index contributed by atoms with van der Waals surface area (Å²) >= 11 is 1.68. The van der Waals surface area contributed by atoms with Crippen molar-refractivity contribution < 1.29 is 18.9 Å².